The molecule has 17 heavy (non-hydrogen) atoms. The predicted octanol–water partition coefficient (Wildman–Crippen LogP) is 3.50. The third-order valence-electron chi connectivity index (χ3n) is 3.43. The molecule has 0 radical (unpaired) electrons. The van der Waals surface area contributed by atoms with E-state index in [4.69, 9.17) is 16.3 Å². The summed E-state index contributed by atoms with van der Waals surface area (Å²) < 4.78 is 5.81. The lowest BCUT2D eigenvalue weighted by atomic mass is 9.80. The van der Waals surface area contributed by atoms with Crippen molar-refractivity contribution in [3.8, 4) is 5.75 Å². The van der Waals surface area contributed by atoms with Gasteiger partial charge in [0.15, 0.2) is 0 Å². The highest BCUT2D eigenvalue weighted by Gasteiger charge is 2.26. The van der Waals surface area contributed by atoms with E-state index in [9.17, 15) is 0 Å². The Kier molecular flexibility index (Phi) is 4.69. The number of hydrogen-bond acceptors (Lipinski definition) is 2. The molecule has 0 aliphatic heterocycles. The lowest BCUT2D eigenvalue weighted by Gasteiger charge is -2.34. The van der Waals surface area contributed by atoms with Gasteiger partial charge in [-0.25, -0.2) is 0 Å². The molecule has 1 fully saturated rings. The van der Waals surface area contributed by atoms with E-state index in [1.807, 2.05) is 24.3 Å². The van der Waals surface area contributed by atoms with Crippen LogP contribution < -0.4 is 10.1 Å². The smallest absolute Gasteiger partial charge is 0.119 e. The first-order valence-electron chi connectivity index (χ1n) is 6.41. The van der Waals surface area contributed by atoms with Crippen LogP contribution in [0.15, 0.2) is 24.3 Å². The normalized spacial score (nSPS) is 17.5. The maximum atomic E-state index is 5.84. The molecule has 1 aliphatic rings. The molecule has 0 amide bonds. The number of hydrogen-bond donors (Lipinski definition) is 1. The van der Waals surface area contributed by atoms with Crippen LogP contribution in [-0.4, -0.2) is 19.2 Å². The summed E-state index contributed by atoms with van der Waals surface area (Å²) in [6.07, 6.45) is 4.04. The summed E-state index contributed by atoms with van der Waals surface area (Å²) in [5, 5.41) is 4.26. The largest absolute Gasteiger partial charge is 0.492 e. The first-order chi connectivity index (χ1) is 8.29. The van der Waals surface area contributed by atoms with Gasteiger partial charge in [0.2, 0.25) is 0 Å². The van der Waals surface area contributed by atoms with Gasteiger partial charge in [-0.3, -0.25) is 0 Å². The summed E-state index contributed by atoms with van der Waals surface area (Å²) in [6.45, 7) is 3.90. The van der Waals surface area contributed by atoms with Gasteiger partial charge in [0.25, 0.3) is 0 Å². The van der Waals surface area contributed by atoms with Crippen LogP contribution in [0, 0.1) is 5.92 Å². The maximum Gasteiger partial charge on any atom is 0.119 e. The van der Waals surface area contributed by atoms with Gasteiger partial charge in [-0.1, -0.05) is 24.9 Å². The minimum Gasteiger partial charge on any atom is -0.492 e. The summed E-state index contributed by atoms with van der Waals surface area (Å²) in [4.78, 5) is 0. The molecule has 2 nitrogen and oxygen atoms in total. The van der Waals surface area contributed by atoms with Crippen molar-refractivity contribution in [3.05, 3.63) is 29.3 Å². The average molecular weight is 254 g/mol. The second-order valence-corrected chi connectivity index (χ2v) is 5.06. The molecule has 1 aromatic rings. The van der Waals surface area contributed by atoms with E-state index in [0.717, 1.165) is 29.8 Å². The van der Waals surface area contributed by atoms with Gasteiger partial charge in [-0.2, -0.15) is 0 Å². The number of halogens is 1. The summed E-state index contributed by atoms with van der Waals surface area (Å²) >= 11 is 5.84. The van der Waals surface area contributed by atoms with Crippen LogP contribution in [0.4, 0.5) is 0 Å². The van der Waals surface area contributed by atoms with Gasteiger partial charge in [-0.05, 0) is 49.6 Å². The number of benzene rings is 1. The fourth-order valence-corrected chi connectivity index (χ4v) is 2.31. The van der Waals surface area contributed by atoms with Gasteiger partial charge in [-0.15, -0.1) is 0 Å². The lowest BCUT2D eigenvalue weighted by Crippen LogP contribution is -2.43. The van der Waals surface area contributed by atoms with Crippen LogP contribution in [-0.2, 0) is 0 Å². The van der Waals surface area contributed by atoms with Crippen LogP contribution in [0.5, 0.6) is 5.75 Å². The molecule has 1 saturated carbocycles. The Morgan fingerprint density at radius 3 is 2.59 bits per heavy atom. The molecule has 1 aromatic carbocycles. The third kappa shape index (κ3) is 3.62. The Balaban J connectivity index is 1.83. The fourth-order valence-electron chi connectivity index (χ4n) is 2.18. The molecular formula is C14H20ClNO. The SMILES string of the molecule is CCNC(COc1ccc(Cl)cc1)C1CCC1. The van der Waals surface area contributed by atoms with Crippen molar-refractivity contribution in [1.82, 2.24) is 5.32 Å². The topological polar surface area (TPSA) is 21.3 Å². The summed E-state index contributed by atoms with van der Waals surface area (Å²) in [6, 6.07) is 8.06. The number of ether oxygens (including phenoxy) is 1. The minimum atomic E-state index is 0.490. The molecule has 0 bridgehead atoms. The Morgan fingerprint density at radius 1 is 1.35 bits per heavy atom. The molecule has 2 rings (SSSR count). The van der Waals surface area contributed by atoms with Gasteiger partial charge in [0.05, 0.1) is 0 Å². The van der Waals surface area contributed by atoms with Crippen molar-refractivity contribution in [2.75, 3.05) is 13.2 Å². The quantitative estimate of drug-likeness (QED) is 0.838. The molecule has 94 valence electrons. The first kappa shape index (κ1) is 12.7. The molecule has 3 heteroatoms. The van der Waals surface area contributed by atoms with Crippen LogP contribution in [0.3, 0.4) is 0 Å². The van der Waals surface area contributed by atoms with Gasteiger partial charge >= 0.3 is 0 Å². The lowest BCUT2D eigenvalue weighted by molar-refractivity contribution is 0.163. The Bertz CT molecular complexity index is 335. The number of nitrogens with one attached hydrogen (secondary N) is 1. The highest BCUT2D eigenvalue weighted by molar-refractivity contribution is 6.30. The zero-order valence-corrected chi connectivity index (χ0v) is 11.0. The highest BCUT2D eigenvalue weighted by atomic mass is 35.5. The van der Waals surface area contributed by atoms with E-state index >= 15 is 0 Å². The molecular weight excluding hydrogens is 234 g/mol. The first-order valence-corrected chi connectivity index (χ1v) is 6.79. The van der Waals surface area contributed by atoms with Crippen molar-refractivity contribution in [3.63, 3.8) is 0 Å². The van der Waals surface area contributed by atoms with E-state index in [1.165, 1.54) is 19.3 Å². The molecule has 0 spiro atoms. The van der Waals surface area contributed by atoms with Crippen molar-refractivity contribution in [2.45, 2.75) is 32.2 Å². The van der Waals surface area contributed by atoms with E-state index in [0.29, 0.717) is 6.04 Å². The van der Waals surface area contributed by atoms with Gasteiger partial charge < -0.3 is 10.1 Å². The van der Waals surface area contributed by atoms with E-state index < -0.39 is 0 Å². The molecule has 1 aliphatic carbocycles. The van der Waals surface area contributed by atoms with E-state index in [1.54, 1.807) is 0 Å². The zero-order valence-electron chi connectivity index (χ0n) is 10.3. The van der Waals surface area contributed by atoms with Crippen molar-refractivity contribution in [1.29, 1.82) is 0 Å². The van der Waals surface area contributed by atoms with E-state index in [2.05, 4.69) is 12.2 Å². The van der Waals surface area contributed by atoms with Crippen molar-refractivity contribution >= 4 is 11.6 Å². The summed E-state index contributed by atoms with van der Waals surface area (Å²) in [5.74, 6) is 1.69. The minimum absolute atomic E-state index is 0.490. The fraction of sp³-hybridized carbons (Fsp3) is 0.571. The highest BCUT2D eigenvalue weighted by Crippen LogP contribution is 2.30. The Morgan fingerprint density at radius 2 is 2.06 bits per heavy atom. The number of rotatable bonds is 6. The van der Waals surface area contributed by atoms with Gasteiger partial charge in [0.1, 0.15) is 12.4 Å². The standard InChI is InChI=1S/C14H20ClNO/c1-2-16-14(11-4-3-5-11)10-17-13-8-6-12(15)7-9-13/h6-9,11,14,16H,2-5,10H2,1H3. The molecule has 0 heterocycles. The summed E-state index contributed by atoms with van der Waals surface area (Å²) in [7, 11) is 0. The van der Waals surface area contributed by atoms with Crippen LogP contribution in [0.1, 0.15) is 26.2 Å². The summed E-state index contributed by atoms with van der Waals surface area (Å²) in [5.41, 5.74) is 0. The second kappa shape index (κ2) is 6.27. The van der Waals surface area contributed by atoms with Crippen molar-refractivity contribution in [2.24, 2.45) is 5.92 Å². The van der Waals surface area contributed by atoms with E-state index in [-0.39, 0.29) is 0 Å². The average Bonchev–Trinajstić information content (AvgIpc) is 2.26. The maximum absolute atomic E-state index is 5.84. The van der Waals surface area contributed by atoms with Crippen LogP contribution in [0.2, 0.25) is 5.02 Å². The molecule has 1 atom stereocenters. The molecule has 1 unspecified atom stereocenters. The van der Waals surface area contributed by atoms with Gasteiger partial charge in [0, 0.05) is 11.1 Å². The Hall–Kier alpha value is -0.730. The predicted molar refractivity (Wildman–Crippen MR) is 71.8 cm³/mol. The Labute approximate surface area is 108 Å². The molecule has 0 aromatic heterocycles. The van der Waals surface area contributed by atoms with Crippen molar-refractivity contribution < 1.29 is 4.74 Å². The van der Waals surface area contributed by atoms with Crippen LogP contribution >= 0.6 is 11.6 Å². The second-order valence-electron chi connectivity index (χ2n) is 4.62. The molecule has 1 N–H and O–H groups in total. The zero-order chi connectivity index (χ0) is 12.1. The number of likely N-dealkylation sites (N-methyl/N-ethyl adjacent to an activating group) is 1. The molecule has 0 saturated heterocycles. The third-order valence-corrected chi connectivity index (χ3v) is 3.68. The monoisotopic (exact) mass is 253 g/mol. The van der Waals surface area contributed by atoms with Crippen LogP contribution in [0.25, 0.3) is 0 Å².